The quantitative estimate of drug-likeness (QED) is 0.234. The van der Waals surface area contributed by atoms with Crippen LogP contribution in [-0.4, -0.2) is 53.0 Å². The van der Waals surface area contributed by atoms with E-state index in [1.807, 2.05) is 0 Å². The van der Waals surface area contributed by atoms with Gasteiger partial charge < -0.3 is 14.6 Å². The maximum atomic E-state index is 13.0. The van der Waals surface area contributed by atoms with E-state index < -0.39 is 44.0 Å². The van der Waals surface area contributed by atoms with Crippen LogP contribution in [0.2, 0.25) is 0 Å². The summed E-state index contributed by atoms with van der Waals surface area (Å²) in [5, 5.41) is 21.7. The predicted octanol–water partition coefficient (Wildman–Crippen LogP) is 2.26. The minimum atomic E-state index is -3.59. The van der Waals surface area contributed by atoms with E-state index in [0.29, 0.717) is 5.56 Å². The van der Waals surface area contributed by atoms with Crippen molar-refractivity contribution in [1.82, 2.24) is 4.90 Å². The Balaban J connectivity index is 1.60. The fourth-order valence-electron chi connectivity index (χ4n) is 3.47. The van der Waals surface area contributed by atoms with Gasteiger partial charge >= 0.3 is 5.97 Å². The topological polar surface area (TPSA) is 153 Å². The molecule has 3 atom stereocenters. The first-order valence-electron chi connectivity index (χ1n) is 9.77. The minimum Gasteiger partial charge on any atom is -0.456 e. The van der Waals surface area contributed by atoms with Crippen LogP contribution >= 0.6 is 23.1 Å². The molecule has 0 radical (unpaired) electrons. The van der Waals surface area contributed by atoms with Gasteiger partial charge in [-0.3, -0.25) is 19.8 Å². The van der Waals surface area contributed by atoms with Gasteiger partial charge in [0, 0.05) is 18.4 Å². The predicted molar refractivity (Wildman–Crippen MR) is 121 cm³/mol. The molecule has 1 fully saturated rings. The highest BCUT2D eigenvalue weighted by molar-refractivity contribution is 8.03. The van der Waals surface area contributed by atoms with Crippen LogP contribution in [0.25, 0.3) is 0 Å². The van der Waals surface area contributed by atoms with Gasteiger partial charge in [-0.25, -0.2) is 13.2 Å². The number of carbonyl (C=O) groups excluding carboxylic acids is 2. The number of non-ortho nitro benzene ring substituents is 1. The lowest BCUT2D eigenvalue weighted by Gasteiger charge is -2.43. The third kappa shape index (κ3) is 4.41. The van der Waals surface area contributed by atoms with Crippen LogP contribution in [0.15, 0.2) is 50.7 Å². The van der Waals surface area contributed by atoms with Crippen molar-refractivity contribution in [3.63, 3.8) is 0 Å². The Morgan fingerprint density at radius 1 is 1.29 bits per heavy atom. The highest BCUT2D eigenvalue weighted by Gasteiger charge is 2.59. The zero-order valence-electron chi connectivity index (χ0n) is 17.7. The molecule has 0 unspecified atom stereocenters. The van der Waals surface area contributed by atoms with Crippen molar-refractivity contribution in [2.24, 2.45) is 5.92 Å². The molecule has 2 aliphatic heterocycles. The van der Waals surface area contributed by atoms with E-state index in [9.17, 15) is 33.2 Å². The van der Waals surface area contributed by atoms with Gasteiger partial charge in [-0.05, 0) is 36.1 Å². The molecule has 1 amide bonds. The van der Waals surface area contributed by atoms with Crippen molar-refractivity contribution in [2.45, 2.75) is 29.2 Å². The van der Waals surface area contributed by atoms with E-state index in [0.717, 1.165) is 29.4 Å². The number of aliphatic hydroxyl groups is 1. The molecule has 34 heavy (non-hydrogen) atoms. The monoisotopic (exact) mass is 526 g/mol. The number of hydrogen-bond acceptors (Lipinski definition) is 11. The second-order valence-electron chi connectivity index (χ2n) is 7.57. The van der Waals surface area contributed by atoms with E-state index in [1.165, 1.54) is 47.5 Å². The number of amides is 1. The molecule has 1 aromatic carbocycles. The number of esters is 1. The summed E-state index contributed by atoms with van der Waals surface area (Å²) in [6.45, 7) is 1.24. The maximum Gasteiger partial charge on any atom is 0.359 e. The van der Waals surface area contributed by atoms with E-state index in [2.05, 4.69) is 0 Å². The maximum absolute atomic E-state index is 13.0. The number of sulfone groups is 1. The van der Waals surface area contributed by atoms with E-state index >= 15 is 0 Å². The molecule has 4 rings (SSSR count). The van der Waals surface area contributed by atoms with Crippen molar-refractivity contribution in [3.05, 3.63) is 62.2 Å². The second-order valence-corrected chi connectivity index (χ2v) is 11.8. The number of β-lactam (4-membered cyclic amide) rings is 1. The number of rotatable bonds is 8. The summed E-state index contributed by atoms with van der Waals surface area (Å²) in [5.74, 6) is -2.13. The first kappa shape index (κ1) is 24.2. The molecule has 1 aromatic heterocycles. The molecule has 0 bridgehead atoms. The number of carbonyl (C=O) groups is 2. The second kappa shape index (κ2) is 9.02. The number of nitro benzene ring substituents is 1. The van der Waals surface area contributed by atoms with Gasteiger partial charge in [0.05, 0.1) is 16.9 Å². The van der Waals surface area contributed by atoms with Gasteiger partial charge in [-0.1, -0.05) is 11.8 Å². The number of thioether (sulfide) groups is 1. The first-order valence-corrected chi connectivity index (χ1v) is 13.4. The molecule has 3 heterocycles. The number of ether oxygens (including phenoxy) is 2. The molecular formula is C20H18N2O9S3. The Labute approximate surface area is 202 Å². The highest BCUT2D eigenvalue weighted by Crippen LogP contribution is 2.51. The number of benzene rings is 1. The molecule has 11 nitrogen and oxygen atoms in total. The first-order chi connectivity index (χ1) is 16.0. The average Bonchev–Trinajstić information content (AvgIpc) is 3.35. The number of fused-ring (bicyclic) bond motifs is 1. The molecule has 2 aromatic rings. The molecule has 14 heteroatoms. The number of nitro groups is 1. The van der Waals surface area contributed by atoms with E-state index in [-0.39, 0.29) is 33.0 Å². The molecule has 0 aliphatic carbocycles. The zero-order chi connectivity index (χ0) is 24.8. The van der Waals surface area contributed by atoms with Crippen molar-refractivity contribution < 1.29 is 37.5 Å². The summed E-state index contributed by atoms with van der Waals surface area (Å²) in [6, 6.07) is 6.86. The third-order valence-electron chi connectivity index (χ3n) is 5.11. The minimum absolute atomic E-state index is 0.0132. The van der Waals surface area contributed by atoms with Crippen LogP contribution in [0.4, 0.5) is 5.69 Å². The Morgan fingerprint density at radius 2 is 1.97 bits per heavy atom. The van der Waals surface area contributed by atoms with Gasteiger partial charge in [0.1, 0.15) is 12.0 Å². The summed E-state index contributed by atoms with van der Waals surface area (Å²) < 4.78 is 35.1. The standard InChI is InChI=1S/C20H18N2O9S3/c1-10(23)14-16(24)21-15(18(25)30-9-11-3-5-12(6-4-11)22(26)27)19(33-17(14)21)31-13-7-8-32-20(13)34(2,28)29/h3-8,10,14,17,23H,9H2,1-2H3/t10-,14+,17-/m1/s1. The number of nitrogens with zero attached hydrogens (tertiary/aromatic N) is 2. The lowest BCUT2D eigenvalue weighted by molar-refractivity contribution is -0.384. The molecular weight excluding hydrogens is 508 g/mol. The third-order valence-corrected chi connectivity index (χ3v) is 9.11. The lowest BCUT2D eigenvalue weighted by Crippen LogP contribution is -2.60. The number of aliphatic hydroxyl groups excluding tert-OH is 1. The normalized spacial score (nSPS) is 20.6. The van der Waals surface area contributed by atoms with Gasteiger partial charge in [0.15, 0.2) is 30.6 Å². The Morgan fingerprint density at radius 3 is 2.56 bits per heavy atom. The largest absolute Gasteiger partial charge is 0.456 e. The summed E-state index contributed by atoms with van der Waals surface area (Å²) in [5.41, 5.74) is 0.180. The number of thiophene rings is 1. The highest BCUT2D eigenvalue weighted by atomic mass is 32.2. The fraction of sp³-hybridized carbons (Fsp3) is 0.300. The van der Waals surface area contributed by atoms with Crippen LogP contribution in [0.1, 0.15) is 12.5 Å². The molecule has 1 saturated heterocycles. The van der Waals surface area contributed by atoms with Crippen LogP contribution in [0.5, 0.6) is 5.75 Å². The fourth-order valence-corrected chi connectivity index (χ4v) is 6.81. The summed E-state index contributed by atoms with van der Waals surface area (Å²) in [7, 11) is -3.59. The molecule has 2 aliphatic rings. The van der Waals surface area contributed by atoms with Crippen LogP contribution < -0.4 is 4.74 Å². The van der Waals surface area contributed by atoms with Crippen molar-refractivity contribution >= 4 is 50.5 Å². The summed E-state index contributed by atoms with van der Waals surface area (Å²) >= 11 is 1.97. The molecule has 0 spiro atoms. The smallest absolute Gasteiger partial charge is 0.359 e. The lowest BCUT2D eigenvalue weighted by atomic mass is 9.92. The van der Waals surface area contributed by atoms with Crippen molar-refractivity contribution in [1.29, 1.82) is 0 Å². The van der Waals surface area contributed by atoms with Gasteiger partial charge in [0.2, 0.25) is 5.91 Å². The molecule has 180 valence electrons. The average molecular weight is 527 g/mol. The van der Waals surface area contributed by atoms with Crippen molar-refractivity contribution in [2.75, 3.05) is 6.26 Å². The Hall–Kier alpha value is -2.94. The SMILES string of the molecule is C[C@@H](O)[C@H]1C(=O)N2C(C(=O)OCc3ccc([N+](=O)[O-])cc3)=C(Oc3ccsc3S(C)(=O)=O)S[C@H]12. The zero-order valence-corrected chi connectivity index (χ0v) is 20.2. The Kier molecular flexibility index (Phi) is 6.42. The van der Waals surface area contributed by atoms with Gasteiger partial charge in [-0.15, -0.1) is 11.3 Å². The molecule has 0 saturated carbocycles. The van der Waals surface area contributed by atoms with Crippen LogP contribution in [-0.2, 0) is 30.8 Å². The van der Waals surface area contributed by atoms with Gasteiger partial charge in [0.25, 0.3) is 5.69 Å². The molecule has 1 N–H and O–H groups in total. The number of hydrogen-bond donors (Lipinski definition) is 1. The van der Waals surface area contributed by atoms with Crippen LogP contribution in [0, 0.1) is 16.0 Å². The van der Waals surface area contributed by atoms with Crippen molar-refractivity contribution in [3.8, 4) is 5.75 Å². The van der Waals surface area contributed by atoms with E-state index in [1.54, 1.807) is 0 Å². The summed E-state index contributed by atoms with van der Waals surface area (Å²) in [6.07, 6.45) is 0.0623. The van der Waals surface area contributed by atoms with E-state index in [4.69, 9.17) is 9.47 Å². The van der Waals surface area contributed by atoms with Crippen LogP contribution in [0.3, 0.4) is 0 Å². The summed E-state index contributed by atoms with van der Waals surface area (Å²) in [4.78, 5) is 37.0. The van der Waals surface area contributed by atoms with Gasteiger partial charge in [-0.2, -0.15) is 0 Å². The Bertz CT molecular complexity index is 1300.